The topological polar surface area (TPSA) is 89.8 Å². The summed E-state index contributed by atoms with van der Waals surface area (Å²) in [5.74, 6) is 0.941. The Morgan fingerprint density at radius 2 is 1.84 bits per heavy atom. The van der Waals surface area contributed by atoms with Crippen molar-refractivity contribution in [3.8, 4) is 11.5 Å². The molecule has 1 heterocycles. The molecule has 0 aliphatic heterocycles. The van der Waals surface area contributed by atoms with Crippen LogP contribution in [0.4, 0.5) is 0 Å². The third-order valence-corrected chi connectivity index (χ3v) is 4.34. The fraction of sp³-hybridized carbons (Fsp3) is 0.167. The Bertz CT molecular complexity index is 1040. The Morgan fingerprint density at radius 3 is 2.52 bits per heavy atom. The number of furan rings is 1. The number of carbonyl (C=O) groups excluding carboxylic acids is 2. The van der Waals surface area contributed by atoms with Crippen molar-refractivity contribution >= 4 is 17.9 Å². The SMILES string of the molecule is CCOc1cccc(CNC(=O)/C(=C/c2ccco2)NC(=O)c2ccc(OC)cc2)c1. The zero-order valence-corrected chi connectivity index (χ0v) is 17.4. The van der Waals surface area contributed by atoms with Crippen molar-refractivity contribution in [3.05, 3.63) is 89.5 Å². The molecular weight excluding hydrogens is 396 g/mol. The lowest BCUT2D eigenvalue weighted by atomic mass is 10.2. The second-order valence-corrected chi connectivity index (χ2v) is 6.52. The Morgan fingerprint density at radius 1 is 1.03 bits per heavy atom. The summed E-state index contributed by atoms with van der Waals surface area (Å²) in [5, 5.41) is 5.48. The van der Waals surface area contributed by atoms with E-state index in [1.54, 1.807) is 43.5 Å². The number of hydrogen-bond acceptors (Lipinski definition) is 5. The molecule has 0 atom stereocenters. The van der Waals surface area contributed by atoms with E-state index in [0.29, 0.717) is 23.7 Å². The van der Waals surface area contributed by atoms with Crippen LogP contribution in [0.3, 0.4) is 0 Å². The third kappa shape index (κ3) is 6.24. The maximum atomic E-state index is 12.8. The summed E-state index contributed by atoms with van der Waals surface area (Å²) in [7, 11) is 1.55. The molecule has 2 amide bonds. The minimum absolute atomic E-state index is 0.0664. The van der Waals surface area contributed by atoms with E-state index in [2.05, 4.69) is 10.6 Å². The van der Waals surface area contributed by atoms with Gasteiger partial charge in [0.1, 0.15) is 23.0 Å². The predicted octanol–water partition coefficient (Wildman–Crippen LogP) is 3.77. The lowest BCUT2D eigenvalue weighted by Crippen LogP contribution is -2.34. The molecule has 0 radical (unpaired) electrons. The Kier molecular flexibility index (Phi) is 7.48. The molecular formula is C24H24N2O5. The second kappa shape index (κ2) is 10.7. The van der Waals surface area contributed by atoms with Crippen LogP contribution < -0.4 is 20.1 Å². The summed E-state index contributed by atoms with van der Waals surface area (Å²) in [5.41, 5.74) is 1.33. The van der Waals surface area contributed by atoms with Crippen LogP contribution in [0.5, 0.6) is 11.5 Å². The molecule has 0 unspecified atom stereocenters. The van der Waals surface area contributed by atoms with E-state index in [9.17, 15) is 9.59 Å². The largest absolute Gasteiger partial charge is 0.497 e. The van der Waals surface area contributed by atoms with Crippen molar-refractivity contribution in [3.63, 3.8) is 0 Å². The van der Waals surface area contributed by atoms with E-state index < -0.39 is 11.8 Å². The zero-order chi connectivity index (χ0) is 22.1. The minimum Gasteiger partial charge on any atom is -0.497 e. The van der Waals surface area contributed by atoms with Crippen LogP contribution in [-0.4, -0.2) is 25.5 Å². The summed E-state index contributed by atoms with van der Waals surface area (Å²) < 4.78 is 15.9. The average Bonchev–Trinajstić information content (AvgIpc) is 3.31. The van der Waals surface area contributed by atoms with Gasteiger partial charge in [-0.25, -0.2) is 0 Å². The van der Waals surface area contributed by atoms with Crippen molar-refractivity contribution in [2.45, 2.75) is 13.5 Å². The van der Waals surface area contributed by atoms with E-state index in [1.807, 2.05) is 31.2 Å². The van der Waals surface area contributed by atoms with Gasteiger partial charge in [-0.05, 0) is 61.0 Å². The Balaban J connectivity index is 1.73. The minimum atomic E-state index is -0.444. The maximum absolute atomic E-state index is 12.8. The average molecular weight is 420 g/mol. The first-order valence-corrected chi connectivity index (χ1v) is 9.79. The molecule has 0 saturated heterocycles. The van der Waals surface area contributed by atoms with Gasteiger partial charge in [0.05, 0.1) is 20.0 Å². The van der Waals surface area contributed by atoms with Gasteiger partial charge < -0.3 is 24.5 Å². The fourth-order valence-electron chi connectivity index (χ4n) is 2.80. The number of amides is 2. The first-order chi connectivity index (χ1) is 15.1. The molecule has 160 valence electrons. The van der Waals surface area contributed by atoms with Gasteiger partial charge in [-0.3, -0.25) is 9.59 Å². The molecule has 31 heavy (non-hydrogen) atoms. The van der Waals surface area contributed by atoms with E-state index in [4.69, 9.17) is 13.9 Å². The summed E-state index contributed by atoms with van der Waals surface area (Å²) in [6.45, 7) is 2.74. The van der Waals surface area contributed by atoms with Crippen LogP contribution in [0.15, 0.2) is 77.0 Å². The zero-order valence-electron chi connectivity index (χ0n) is 17.4. The molecule has 0 aliphatic rings. The molecule has 0 bridgehead atoms. The summed E-state index contributed by atoms with van der Waals surface area (Å²) in [6.07, 6.45) is 2.97. The molecule has 0 fully saturated rings. The molecule has 7 nitrogen and oxygen atoms in total. The fourth-order valence-corrected chi connectivity index (χ4v) is 2.80. The van der Waals surface area contributed by atoms with E-state index in [-0.39, 0.29) is 12.2 Å². The summed E-state index contributed by atoms with van der Waals surface area (Å²) >= 11 is 0. The van der Waals surface area contributed by atoms with Crippen LogP contribution in [0.2, 0.25) is 0 Å². The lowest BCUT2D eigenvalue weighted by molar-refractivity contribution is -0.117. The van der Waals surface area contributed by atoms with Crippen molar-refractivity contribution in [2.24, 2.45) is 0 Å². The number of benzene rings is 2. The van der Waals surface area contributed by atoms with Gasteiger partial charge in [0.15, 0.2) is 0 Å². The first-order valence-electron chi connectivity index (χ1n) is 9.79. The molecule has 0 aliphatic carbocycles. The Hall–Kier alpha value is -4.00. The predicted molar refractivity (Wildman–Crippen MR) is 117 cm³/mol. The number of carbonyl (C=O) groups is 2. The van der Waals surface area contributed by atoms with Gasteiger partial charge in [0.2, 0.25) is 0 Å². The highest BCUT2D eigenvalue weighted by atomic mass is 16.5. The van der Waals surface area contributed by atoms with Crippen LogP contribution in [0, 0.1) is 0 Å². The number of nitrogens with one attached hydrogen (secondary N) is 2. The second-order valence-electron chi connectivity index (χ2n) is 6.52. The van der Waals surface area contributed by atoms with Gasteiger partial charge >= 0.3 is 0 Å². The highest BCUT2D eigenvalue weighted by Gasteiger charge is 2.15. The van der Waals surface area contributed by atoms with Crippen molar-refractivity contribution in [1.29, 1.82) is 0 Å². The lowest BCUT2D eigenvalue weighted by Gasteiger charge is -2.12. The van der Waals surface area contributed by atoms with E-state index in [1.165, 1.54) is 12.3 Å². The standard InChI is InChI=1S/C24H24N2O5/c1-3-30-20-7-4-6-17(14-20)16-25-24(28)22(15-21-8-5-13-31-21)26-23(27)18-9-11-19(29-2)12-10-18/h4-15H,3,16H2,1-2H3,(H,25,28)(H,26,27)/b22-15-. The highest BCUT2D eigenvalue weighted by Crippen LogP contribution is 2.14. The monoisotopic (exact) mass is 420 g/mol. The molecule has 3 rings (SSSR count). The van der Waals surface area contributed by atoms with Crippen molar-refractivity contribution in [2.75, 3.05) is 13.7 Å². The molecule has 2 N–H and O–H groups in total. The van der Waals surface area contributed by atoms with Crippen LogP contribution >= 0.6 is 0 Å². The summed E-state index contributed by atoms with van der Waals surface area (Å²) in [6, 6.07) is 17.4. The number of hydrogen-bond donors (Lipinski definition) is 2. The van der Waals surface area contributed by atoms with Gasteiger partial charge in [-0.2, -0.15) is 0 Å². The Labute approximate surface area is 180 Å². The van der Waals surface area contributed by atoms with Gasteiger partial charge in [-0.15, -0.1) is 0 Å². The third-order valence-electron chi connectivity index (χ3n) is 4.34. The van der Waals surface area contributed by atoms with Crippen molar-refractivity contribution < 1.29 is 23.5 Å². The number of ether oxygens (including phenoxy) is 2. The van der Waals surface area contributed by atoms with Crippen LogP contribution in [0.25, 0.3) is 6.08 Å². The number of rotatable bonds is 9. The smallest absolute Gasteiger partial charge is 0.268 e. The number of methoxy groups -OCH3 is 1. The molecule has 2 aromatic carbocycles. The molecule has 7 heteroatoms. The highest BCUT2D eigenvalue weighted by molar-refractivity contribution is 6.05. The quantitative estimate of drug-likeness (QED) is 0.514. The summed E-state index contributed by atoms with van der Waals surface area (Å²) in [4.78, 5) is 25.5. The van der Waals surface area contributed by atoms with Crippen LogP contribution in [0.1, 0.15) is 28.6 Å². The van der Waals surface area contributed by atoms with E-state index >= 15 is 0 Å². The van der Waals surface area contributed by atoms with Crippen LogP contribution in [-0.2, 0) is 11.3 Å². The molecule has 0 spiro atoms. The first kappa shape index (κ1) is 21.7. The normalized spacial score (nSPS) is 11.0. The molecule has 1 aromatic heterocycles. The van der Waals surface area contributed by atoms with Gasteiger partial charge in [0.25, 0.3) is 11.8 Å². The maximum Gasteiger partial charge on any atom is 0.268 e. The van der Waals surface area contributed by atoms with Gasteiger partial charge in [-0.1, -0.05) is 12.1 Å². The van der Waals surface area contributed by atoms with Crippen molar-refractivity contribution in [1.82, 2.24) is 10.6 Å². The van der Waals surface area contributed by atoms with E-state index in [0.717, 1.165) is 11.3 Å². The van der Waals surface area contributed by atoms with Gasteiger partial charge in [0, 0.05) is 18.2 Å². The molecule has 0 saturated carbocycles. The molecule has 3 aromatic rings.